The summed E-state index contributed by atoms with van der Waals surface area (Å²) in [6.07, 6.45) is 1.45. The molecule has 1 N–H and O–H groups in total. The van der Waals surface area contributed by atoms with E-state index in [9.17, 15) is 4.79 Å². The molecule has 0 spiro atoms. The summed E-state index contributed by atoms with van der Waals surface area (Å²) in [5, 5.41) is 14.2. The molecule has 2 rings (SSSR count). The van der Waals surface area contributed by atoms with Crippen LogP contribution in [0.1, 0.15) is 30.0 Å². The van der Waals surface area contributed by atoms with E-state index in [1.807, 2.05) is 7.05 Å². The summed E-state index contributed by atoms with van der Waals surface area (Å²) in [4.78, 5) is 14.1. The normalized spacial score (nSPS) is 10.5. The molecule has 120 valence electrons. The largest absolute Gasteiger partial charge is 0.317 e. The molecule has 0 fully saturated rings. The molecule has 4 nitrogen and oxygen atoms in total. The summed E-state index contributed by atoms with van der Waals surface area (Å²) >= 11 is 1.37. The first-order chi connectivity index (χ1) is 11.1. The van der Waals surface area contributed by atoms with E-state index in [-0.39, 0.29) is 5.91 Å². The minimum Gasteiger partial charge on any atom is -0.317 e. The maximum Gasteiger partial charge on any atom is 0.226 e. The maximum absolute atomic E-state index is 12.0. The van der Waals surface area contributed by atoms with E-state index >= 15 is 0 Å². The zero-order valence-electron chi connectivity index (χ0n) is 13.5. The molecule has 1 heterocycles. The summed E-state index contributed by atoms with van der Waals surface area (Å²) in [6, 6.07) is 12.4. The Morgan fingerprint density at radius 1 is 1.26 bits per heavy atom. The summed E-state index contributed by atoms with van der Waals surface area (Å²) < 4.78 is 0. The van der Waals surface area contributed by atoms with Gasteiger partial charge in [-0.3, -0.25) is 4.79 Å². The lowest BCUT2D eigenvalue weighted by Crippen LogP contribution is -2.24. The van der Waals surface area contributed by atoms with Gasteiger partial charge >= 0.3 is 0 Å². The highest BCUT2D eigenvalue weighted by Crippen LogP contribution is 2.22. The van der Waals surface area contributed by atoms with E-state index < -0.39 is 0 Å². The van der Waals surface area contributed by atoms with Crippen LogP contribution in [0.25, 0.3) is 0 Å². The Morgan fingerprint density at radius 2 is 1.96 bits per heavy atom. The number of nitrogens with zero attached hydrogens (tertiary/aromatic N) is 2. The molecule has 1 aromatic carbocycles. The average molecular weight is 327 g/mol. The Morgan fingerprint density at radius 3 is 2.61 bits per heavy atom. The molecular formula is C18H21N3OS. The van der Waals surface area contributed by atoms with E-state index in [0.29, 0.717) is 23.5 Å². The fourth-order valence-electron chi connectivity index (χ4n) is 2.25. The summed E-state index contributed by atoms with van der Waals surface area (Å²) in [5.74, 6) is -0.0582. The van der Waals surface area contributed by atoms with E-state index in [1.165, 1.54) is 22.5 Å². The molecule has 0 unspecified atom stereocenters. The number of thiophene rings is 1. The lowest BCUT2D eigenvalue weighted by molar-refractivity contribution is -0.116. The van der Waals surface area contributed by atoms with Gasteiger partial charge in [-0.25, -0.2) is 0 Å². The minimum atomic E-state index is -0.0582. The Kier molecular flexibility index (Phi) is 6.33. The average Bonchev–Trinajstić information content (AvgIpc) is 3.01. The smallest absolute Gasteiger partial charge is 0.226 e. The van der Waals surface area contributed by atoms with Gasteiger partial charge in [-0.15, -0.1) is 11.3 Å². The molecular weight excluding hydrogens is 306 g/mol. The molecule has 0 aliphatic carbocycles. The van der Waals surface area contributed by atoms with Crippen LogP contribution in [0.5, 0.6) is 0 Å². The first kappa shape index (κ1) is 17.2. The Hall–Kier alpha value is -2.16. The van der Waals surface area contributed by atoms with Gasteiger partial charge in [0.05, 0.1) is 5.56 Å². The van der Waals surface area contributed by atoms with Crippen molar-refractivity contribution in [1.82, 2.24) is 4.90 Å². The van der Waals surface area contributed by atoms with Crippen LogP contribution >= 0.6 is 11.3 Å². The monoisotopic (exact) mass is 327 g/mol. The van der Waals surface area contributed by atoms with Crippen molar-refractivity contribution in [3.8, 4) is 6.07 Å². The van der Waals surface area contributed by atoms with Crippen molar-refractivity contribution < 1.29 is 4.79 Å². The third-order valence-electron chi connectivity index (χ3n) is 3.64. The van der Waals surface area contributed by atoms with Crippen LogP contribution in [0, 0.1) is 11.3 Å². The van der Waals surface area contributed by atoms with E-state index in [0.717, 1.165) is 13.0 Å². The van der Waals surface area contributed by atoms with Gasteiger partial charge in [0.15, 0.2) is 0 Å². The van der Waals surface area contributed by atoms with Crippen molar-refractivity contribution in [2.75, 3.05) is 18.9 Å². The molecule has 5 heteroatoms. The topological polar surface area (TPSA) is 56.1 Å². The molecule has 2 aromatic rings. The zero-order valence-corrected chi connectivity index (χ0v) is 14.3. The fourth-order valence-corrected chi connectivity index (χ4v) is 3.00. The second-order valence-corrected chi connectivity index (χ2v) is 6.40. The van der Waals surface area contributed by atoms with E-state index in [4.69, 9.17) is 5.26 Å². The molecule has 0 bridgehead atoms. The number of nitrogens with one attached hydrogen (secondary N) is 1. The van der Waals surface area contributed by atoms with E-state index in [1.54, 1.807) is 11.4 Å². The third kappa shape index (κ3) is 5.20. The number of hydrogen-bond donors (Lipinski definition) is 1. The van der Waals surface area contributed by atoms with Crippen molar-refractivity contribution in [3.05, 3.63) is 52.4 Å². The second kappa shape index (κ2) is 8.47. The number of carbonyl (C=O) groups is 1. The maximum atomic E-state index is 12.0. The predicted octanol–water partition coefficient (Wildman–Crippen LogP) is 3.64. The van der Waals surface area contributed by atoms with Crippen LogP contribution in [-0.2, 0) is 17.8 Å². The molecule has 0 atom stereocenters. The Bertz CT molecular complexity index is 685. The highest BCUT2D eigenvalue weighted by molar-refractivity contribution is 7.14. The number of amides is 1. The van der Waals surface area contributed by atoms with Crippen LogP contribution < -0.4 is 5.32 Å². The molecule has 0 saturated carbocycles. The van der Waals surface area contributed by atoms with Crippen molar-refractivity contribution in [2.45, 2.75) is 26.3 Å². The fraction of sp³-hybridized carbons (Fsp3) is 0.333. The summed E-state index contributed by atoms with van der Waals surface area (Å²) in [5.41, 5.74) is 3.10. The lowest BCUT2D eigenvalue weighted by Gasteiger charge is -2.16. The minimum absolute atomic E-state index is 0.0582. The first-order valence-corrected chi connectivity index (χ1v) is 8.54. The summed E-state index contributed by atoms with van der Waals surface area (Å²) in [6.45, 7) is 3.64. The highest BCUT2D eigenvalue weighted by atomic mass is 32.1. The third-order valence-corrected chi connectivity index (χ3v) is 4.47. The SMILES string of the molecule is CCc1ccc(CN(C)CCC(=O)Nc2sccc2C#N)cc1. The quantitative estimate of drug-likeness (QED) is 0.844. The number of nitriles is 1. The Balaban J connectivity index is 1.78. The Labute approximate surface area is 141 Å². The van der Waals surface area contributed by atoms with Gasteiger partial charge in [0, 0.05) is 19.5 Å². The molecule has 0 aliphatic heterocycles. The molecule has 0 radical (unpaired) electrons. The molecule has 23 heavy (non-hydrogen) atoms. The number of aryl methyl sites for hydroxylation is 1. The van der Waals surface area contributed by atoms with Gasteiger partial charge < -0.3 is 10.2 Å². The van der Waals surface area contributed by atoms with Crippen molar-refractivity contribution in [3.63, 3.8) is 0 Å². The van der Waals surface area contributed by atoms with Crippen LogP contribution in [0.15, 0.2) is 35.7 Å². The van der Waals surface area contributed by atoms with Crippen LogP contribution in [-0.4, -0.2) is 24.4 Å². The molecule has 0 aliphatic rings. The first-order valence-electron chi connectivity index (χ1n) is 7.66. The standard InChI is InChI=1S/C18H21N3OS/c1-3-14-4-6-15(7-5-14)13-21(2)10-8-17(22)20-18-16(12-19)9-11-23-18/h4-7,9,11H,3,8,10,13H2,1-2H3,(H,20,22). The van der Waals surface area contributed by atoms with Gasteiger partial charge in [0.25, 0.3) is 0 Å². The van der Waals surface area contributed by atoms with Crippen LogP contribution in [0.4, 0.5) is 5.00 Å². The van der Waals surface area contributed by atoms with E-state index in [2.05, 4.69) is 47.5 Å². The second-order valence-electron chi connectivity index (χ2n) is 5.48. The van der Waals surface area contributed by atoms with Crippen molar-refractivity contribution in [1.29, 1.82) is 5.26 Å². The van der Waals surface area contributed by atoms with Crippen LogP contribution in [0.2, 0.25) is 0 Å². The predicted molar refractivity (Wildman–Crippen MR) is 94.4 cm³/mol. The molecule has 1 amide bonds. The van der Waals surface area contributed by atoms with Gasteiger partial charge in [0.1, 0.15) is 11.1 Å². The van der Waals surface area contributed by atoms with Gasteiger partial charge in [-0.2, -0.15) is 5.26 Å². The number of carbonyl (C=O) groups excluding carboxylic acids is 1. The highest BCUT2D eigenvalue weighted by Gasteiger charge is 2.09. The number of benzene rings is 1. The van der Waals surface area contributed by atoms with Gasteiger partial charge in [-0.1, -0.05) is 31.2 Å². The number of rotatable bonds is 7. The van der Waals surface area contributed by atoms with Gasteiger partial charge in [0.2, 0.25) is 5.91 Å². The lowest BCUT2D eigenvalue weighted by atomic mass is 10.1. The molecule has 1 aromatic heterocycles. The van der Waals surface area contributed by atoms with Gasteiger partial charge in [-0.05, 0) is 36.0 Å². The van der Waals surface area contributed by atoms with Crippen molar-refractivity contribution in [2.24, 2.45) is 0 Å². The van der Waals surface area contributed by atoms with Crippen LogP contribution in [0.3, 0.4) is 0 Å². The number of anilines is 1. The number of hydrogen-bond acceptors (Lipinski definition) is 4. The van der Waals surface area contributed by atoms with Crippen molar-refractivity contribution >= 4 is 22.2 Å². The zero-order chi connectivity index (χ0) is 16.7. The molecule has 0 saturated heterocycles. The summed E-state index contributed by atoms with van der Waals surface area (Å²) in [7, 11) is 2.01.